The number of nitrogens with zero attached hydrogens (tertiary/aromatic N) is 2. The van der Waals surface area contributed by atoms with E-state index in [0.29, 0.717) is 5.56 Å². The standard InChI is InChI=1S/C19H25F3N2O2/c1-3-23(4-2)14-16-6-5-13-24(16)18(25)12-9-15-7-10-17(11-8-15)26-19(20,21)22/h7-12,16H,3-6,13-14H2,1-2H3. The predicted molar refractivity (Wildman–Crippen MR) is 94.7 cm³/mol. The second kappa shape index (κ2) is 9.07. The molecule has 1 unspecified atom stereocenters. The third-order valence-corrected chi connectivity index (χ3v) is 4.56. The molecule has 7 heteroatoms. The maximum Gasteiger partial charge on any atom is 0.573 e. The molecule has 2 rings (SSSR count). The predicted octanol–water partition coefficient (Wildman–Crippen LogP) is 3.93. The third-order valence-electron chi connectivity index (χ3n) is 4.56. The molecule has 0 radical (unpaired) electrons. The number of carbonyl (C=O) groups excluding carboxylic acids is 1. The Bertz CT molecular complexity index is 610. The van der Waals surface area contributed by atoms with Crippen LogP contribution in [-0.4, -0.2) is 54.3 Å². The monoisotopic (exact) mass is 370 g/mol. The Morgan fingerprint density at radius 3 is 2.50 bits per heavy atom. The lowest BCUT2D eigenvalue weighted by Gasteiger charge is -2.29. The summed E-state index contributed by atoms with van der Waals surface area (Å²) in [4.78, 5) is 16.7. The van der Waals surface area contributed by atoms with Crippen LogP contribution < -0.4 is 4.74 Å². The summed E-state index contributed by atoms with van der Waals surface area (Å²) in [6.45, 7) is 7.74. The second-order valence-electron chi connectivity index (χ2n) is 6.26. The van der Waals surface area contributed by atoms with Crippen molar-refractivity contribution in [3.8, 4) is 5.75 Å². The first-order valence-electron chi connectivity index (χ1n) is 8.89. The van der Waals surface area contributed by atoms with Gasteiger partial charge in [0, 0.05) is 25.2 Å². The Hall–Kier alpha value is -2.02. The van der Waals surface area contributed by atoms with E-state index in [2.05, 4.69) is 23.5 Å². The first kappa shape index (κ1) is 20.3. The molecule has 0 saturated carbocycles. The molecule has 1 aliphatic heterocycles. The minimum atomic E-state index is -4.71. The summed E-state index contributed by atoms with van der Waals surface area (Å²) in [6.07, 6.45) is 0.393. The van der Waals surface area contributed by atoms with Crippen molar-refractivity contribution in [1.29, 1.82) is 0 Å². The summed E-state index contributed by atoms with van der Waals surface area (Å²) >= 11 is 0. The SMILES string of the molecule is CCN(CC)CC1CCCN1C(=O)C=Cc1ccc(OC(F)(F)F)cc1. The first-order chi connectivity index (χ1) is 12.3. The third kappa shape index (κ3) is 6.05. The summed E-state index contributed by atoms with van der Waals surface area (Å²) in [7, 11) is 0. The van der Waals surface area contributed by atoms with Gasteiger partial charge >= 0.3 is 6.36 Å². The zero-order valence-electron chi connectivity index (χ0n) is 15.1. The van der Waals surface area contributed by atoms with Crippen LogP contribution >= 0.6 is 0 Å². The van der Waals surface area contributed by atoms with Crippen LogP contribution in [0.1, 0.15) is 32.3 Å². The summed E-state index contributed by atoms with van der Waals surface area (Å²) in [5.74, 6) is -0.338. The molecule has 1 aromatic rings. The number of alkyl halides is 3. The average molecular weight is 370 g/mol. The maximum atomic E-state index is 12.5. The van der Waals surface area contributed by atoms with Crippen molar-refractivity contribution in [2.75, 3.05) is 26.2 Å². The van der Waals surface area contributed by atoms with Gasteiger partial charge in [-0.15, -0.1) is 13.2 Å². The van der Waals surface area contributed by atoms with Crippen molar-refractivity contribution in [3.63, 3.8) is 0 Å². The Morgan fingerprint density at radius 1 is 1.27 bits per heavy atom. The molecule has 26 heavy (non-hydrogen) atoms. The van der Waals surface area contributed by atoms with E-state index < -0.39 is 6.36 Å². The van der Waals surface area contributed by atoms with Gasteiger partial charge in [-0.2, -0.15) is 0 Å². The number of hydrogen-bond donors (Lipinski definition) is 0. The molecule has 1 aromatic carbocycles. The number of likely N-dealkylation sites (tertiary alicyclic amines) is 1. The molecule has 1 atom stereocenters. The van der Waals surface area contributed by atoms with Crippen LogP contribution in [0.4, 0.5) is 13.2 Å². The van der Waals surface area contributed by atoms with E-state index >= 15 is 0 Å². The highest BCUT2D eigenvalue weighted by molar-refractivity contribution is 5.92. The zero-order chi connectivity index (χ0) is 19.2. The maximum absolute atomic E-state index is 12.5. The van der Waals surface area contributed by atoms with Gasteiger partial charge < -0.3 is 14.5 Å². The fourth-order valence-electron chi connectivity index (χ4n) is 3.14. The van der Waals surface area contributed by atoms with Crippen molar-refractivity contribution in [2.45, 2.75) is 39.1 Å². The first-order valence-corrected chi connectivity index (χ1v) is 8.89. The van der Waals surface area contributed by atoms with Crippen LogP contribution in [0.3, 0.4) is 0 Å². The summed E-state index contributed by atoms with van der Waals surface area (Å²) < 4.78 is 40.3. The molecule has 4 nitrogen and oxygen atoms in total. The van der Waals surface area contributed by atoms with Crippen molar-refractivity contribution in [2.24, 2.45) is 0 Å². The lowest BCUT2D eigenvalue weighted by molar-refractivity contribution is -0.274. The summed E-state index contributed by atoms with van der Waals surface area (Å²) in [5, 5.41) is 0. The van der Waals surface area contributed by atoms with Gasteiger partial charge in [-0.25, -0.2) is 0 Å². The van der Waals surface area contributed by atoms with Crippen molar-refractivity contribution < 1.29 is 22.7 Å². The second-order valence-corrected chi connectivity index (χ2v) is 6.26. The number of benzene rings is 1. The lowest BCUT2D eigenvalue weighted by Crippen LogP contribution is -2.42. The van der Waals surface area contributed by atoms with Gasteiger partial charge in [-0.3, -0.25) is 4.79 Å². The van der Waals surface area contributed by atoms with Gasteiger partial charge in [0.05, 0.1) is 0 Å². The Labute approximate surface area is 152 Å². The zero-order valence-corrected chi connectivity index (χ0v) is 15.1. The number of amides is 1. The Kier molecular flexibility index (Phi) is 7.08. The van der Waals surface area contributed by atoms with E-state index in [4.69, 9.17) is 0 Å². The minimum Gasteiger partial charge on any atom is -0.406 e. The quantitative estimate of drug-likeness (QED) is 0.682. The van der Waals surface area contributed by atoms with Crippen LogP contribution in [0.25, 0.3) is 6.08 Å². The van der Waals surface area contributed by atoms with Gasteiger partial charge in [0.1, 0.15) is 5.75 Å². The number of halogens is 3. The van der Waals surface area contributed by atoms with Gasteiger partial charge in [-0.1, -0.05) is 26.0 Å². The normalized spacial score (nSPS) is 18.1. The van der Waals surface area contributed by atoms with Crippen LogP contribution in [0.5, 0.6) is 5.75 Å². The molecular weight excluding hydrogens is 345 g/mol. The highest BCUT2D eigenvalue weighted by Gasteiger charge is 2.31. The van der Waals surface area contributed by atoms with E-state index in [-0.39, 0.29) is 17.7 Å². The van der Waals surface area contributed by atoms with Gasteiger partial charge in [0.15, 0.2) is 0 Å². The molecule has 144 valence electrons. The molecule has 1 heterocycles. The molecule has 1 aliphatic rings. The summed E-state index contributed by atoms with van der Waals surface area (Å²) in [6, 6.07) is 5.66. The van der Waals surface area contributed by atoms with Crippen molar-refractivity contribution in [3.05, 3.63) is 35.9 Å². The molecule has 1 fully saturated rings. The van der Waals surface area contributed by atoms with Gasteiger partial charge in [-0.05, 0) is 49.7 Å². The van der Waals surface area contributed by atoms with Crippen LogP contribution in [0.2, 0.25) is 0 Å². The van der Waals surface area contributed by atoms with E-state index in [0.717, 1.165) is 39.0 Å². The van der Waals surface area contributed by atoms with Crippen LogP contribution in [0, 0.1) is 0 Å². The minimum absolute atomic E-state index is 0.0599. The fourth-order valence-corrected chi connectivity index (χ4v) is 3.14. The highest BCUT2D eigenvalue weighted by Crippen LogP contribution is 2.23. The Morgan fingerprint density at radius 2 is 1.92 bits per heavy atom. The number of hydrogen-bond acceptors (Lipinski definition) is 3. The number of likely N-dealkylation sites (N-methyl/N-ethyl adjacent to an activating group) is 1. The largest absolute Gasteiger partial charge is 0.573 e. The molecule has 0 N–H and O–H groups in total. The molecule has 0 spiro atoms. The van der Waals surface area contributed by atoms with E-state index in [1.807, 2.05) is 4.90 Å². The smallest absolute Gasteiger partial charge is 0.406 e. The van der Waals surface area contributed by atoms with E-state index in [1.54, 1.807) is 6.08 Å². The molecule has 1 saturated heterocycles. The molecule has 0 bridgehead atoms. The highest BCUT2D eigenvalue weighted by atomic mass is 19.4. The Balaban J connectivity index is 1.95. The lowest BCUT2D eigenvalue weighted by atomic mass is 10.2. The van der Waals surface area contributed by atoms with Crippen molar-refractivity contribution >= 4 is 12.0 Å². The molecular formula is C19H25F3N2O2. The molecule has 0 aromatic heterocycles. The van der Waals surface area contributed by atoms with E-state index in [1.165, 1.54) is 30.3 Å². The fraction of sp³-hybridized carbons (Fsp3) is 0.526. The van der Waals surface area contributed by atoms with Gasteiger partial charge in [0.2, 0.25) is 5.91 Å². The number of ether oxygens (including phenoxy) is 1. The number of carbonyl (C=O) groups is 1. The van der Waals surface area contributed by atoms with Crippen molar-refractivity contribution in [1.82, 2.24) is 9.80 Å². The van der Waals surface area contributed by atoms with Gasteiger partial charge in [0.25, 0.3) is 0 Å². The topological polar surface area (TPSA) is 32.8 Å². The van der Waals surface area contributed by atoms with E-state index in [9.17, 15) is 18.0 Å². The molecule has 0 aliphatic carbocycles. The average Bonchev–Trinajstić information content (AvgIpc) is 3.05. The summed E-state index contributed by atoms with van der Waals surface area (Å²) in [5.41, 5.74) is 0.646. The van der Waals surface area contributed by atoms with Crippen LogP contribution in [0.15, 0.2) is 30.3 Å². The number of rotatable bonds is 7. The molecule has 1 amide bonds. The van der Waals surface area contributed by atoms with Crippen LogP contribution in [-0.2, 0) is 4.79 Å².